The van der Waals surface area contributed by atoms with Gasteiger partial charge in [0.2, 0.25) is 0 Å². The number of allylic oxidation sites excluding steroid dienone is 1. The second-order valence-corrected chi connectivity index (χ2v) is 15.6. The van der Waals surface area contributed by atoms with Gasteiger partial charge in [-0.25, -0.2) is 0 Å². The summed E-state index contributed by atoms with van der Waals surface area (Å²) in [5.41, 5.74) is 1.80. The summed E-state index contributed by atoms with van der Waals surface area (Å²) in [7, 11) is -2.23. The van der Waals surface area contributed by atoms with Crippen LogP contribution in [0.15, 0.2) is 11.6 Å². The molecule has 0 aromatic rings. The first-order valence-corrected chi connectivity index (χ1v) is 16.5. The van der Waals surface area contributed by atoms with Crippen LogP contribution in [0.3, 0.4) is 0 Å². The highest BCUT2D eigenvalue weighted by atomic mass is 79.9. The third-order valence-electron chi connectivity index (χ3n) is 4.88. The van der Waals surface area contributed by atoms with E-state index in [0.29, 0.717) is 17.9 Å². The van der Waals surface area contributed by atoms with Gasteiger partial charge in [0.15, 0.2) is 18.1 Å². The standard InChI is InChI=1S/C20H41BrO2Si2/c1-19(2,3)17(22-24(7)8)15-11-14(13-21)12-16(15)18(20(4,5)6)23-25(9)10/h11,15-18,24-25H,12-13H2,1-10H3. The van der Waals surface area contributed by atoms with Gasteiger partial charge in [0.05, 0.1) is 12.2 Å². The van der Waals surface area contributed by atoms with Crippen LogP contribution in [0.5, 0.6) is 0 Å². The second kappa shape index (κ2) is 9.18. The predicted molar refractivity (Wildman–Crippen MR) is 120 cm³/mol. The van der Waals surface area contributed by atoms with Gasteiger partial charge in [-0.2, -0.15) is 0 Å². The number of hydrogen-bond acceptors (Lipinski definition) is 2. The largest absolute Gasteiger partial charge is 0.417 e. The van der Waals surface area contributed by atoms with Crippen molar-refractivity contribution in [1.29, 1.82) is 0 Å². The molecule has 0 aliphatic heterocycles. The molecule has 1 aliphatic rings. The molecule has 148 valence electrons. The molecule has 4 unspecified atom stereocenters. The Balaban J connectivity index is 3.27. The molecule has 0 saturated heterocycles. The molecule has 0 aromatic carbocycles. The van der Waals surface area contributed by atoms with E-state index in [9.17, 15) is 0 Å². The molecule has 0 aromatic heterocycles. The third kappa shape index (κ3) is 6.91. The van der Waals surface area contributed by atoms with Crippen LogP contribution < -0.4 is 0 Å². The number of hydrogen-bond donors (Lipinski definition) is 0. The van der Waals surface area contributed by atoms with Gasteiger partial charge < -0.3 is 8.85 Å². The van der Waals surface area contributed by atoms with Gasteiger partial charge in [0.1, 0.15) is 0 Å². The third-order valence-corrected chi connectivity index (χ3v) is 7.27. The van der Waals surface area contributed by atoms with E-state index >= 15 is 0 Å². The summed E-state index contributed by atoms with van der Waals surface area (Å²) in [6, 6.07) is 0. The maximum absolute atomic E-state index is 6.64. The van der Waals surface area contributed by atoms with Crippen LogP contribution in [0.1, 0.15) is 48.0 Å². The van der Waals surface area contributed by atoms with E-state index in [1.165, 1.54) is 5.57 Å². The Morgan fingerprint density at radius 2 is 1.40 bits per heavy atom. The Bertz CT molecular complexity index is 450. The van der Waals surface area contributed by atoms with E-state index in [0.717, 1.165) is 11.8 Å². The lowest BCUT2D eigenvalue weighted by Crippen LogP contribution is -2.47. The molecule has 5 heteroatoms. The Morgan fingerprint density at radius 3 is 1.76 bits per heavy atom. The quantitative estimate of drug-likeness (QED) is 0.279. The Hall–Kier alpha value is 0.574. The van der Waals surface area contributed by atoms with Gasteiger partial charge in [0, 0.05) is 11.2 Å². The molecule has 0 spiro atoms. The van der Waals surface area contributed by atoms with Crippen molar-refractivity contribution in [3.05, 3.63) is 11.6 Å². The van der Waals surface area contributed by atoms with E-state index in [2.05, 4.69) is 89.7 Å². The van der Waals surface area contributed by atoms with Gasteiger partial charge in [-0.15, -0.1) is 0 Å². The van der Waals surface area contributed by atoms with Gasteiger partial charge >= 0.3 is 0 Å². The normalized spacial score (nSPS) is 24.8. The van der Waals surface area contributed by atoms with Crippen molar-refractivity contribution >= 4 is 34.0 Å². The Labute approximate surface area is 168 Å². The number of rotatable bonds is 7. The molecule has 0 heterocycles. The minimum absolute atomic E-state index is 0.135. The zero-order valence-corrected chi connectivity index (χ0v) is 22.0. The number of alkyl halides is 1. The fourth-order valence-corrected chi connectivity index (χ4v) is 6.82. The molecular formula is C20H41BrO2Si2. The molecule has 1 aliphatic carbocycles. The van der Waals surface area contributed by atoms with Crippen molar-refractivity contribution < 1.29 is 8.85 Å². The Kier molecular flexibility index (Phi) is 8.67. The average Bonchev–Trinajstić information content (AvgIpc) is 2.82. The molecule has 0 bridgehead atoms. The predicted octanol–water partition coefficient (Wildman–Crippen LogP) is 5.77. The van der Waals surface area contributed by atoms with Crippen LogP contribution >= 0.6 is 15.9 Å². The van der Waals surface area contributed by atoms with Gasteiger partial charge in [-0.3, -0.25) is 0 Å². The van der Waals surface area contributed by atoms with Gasteiger partial charge in [-0.05, 0) is 49.4 Å². The first-order chi connectivity index (χ1) is 11.3. The summed E-state index contributed by atoms with van der Waals surface area (Å²) in [6.07, 6.45) is 4.20. The lowest BCUT2D eigenvalue weighted by Gasteiger charge is -2.45. The fraction of sp³-hybridized carbons (Fsp3) is 0.900. The molecule has 0 radical (unpaired) electrons. The zero-order valence-electron chi connectivity index (χ0n) is 18.2. The number of halogens is 1. The van der Waals surface area contributed by atoms with E-state index in [-0.39, 0.29) is 16.9 Å². The lowest BCUT2D eigenvalue weighted by atomic mass is 9.71. The van der Waals surface area contributed by atoms with Crippen LogP contribution in [0, 0.1) is 22.7 Å². The summed E-state index contributed by atoms with van der Waals surface area (Å²) in [5, 5.41) is 0.964. The van der Waals surface area contributed by atoms with E-state index in [4.69, 9.17) is 8.85 Å². The minimum Gasteiger partial charge on any atom is -0.417 e. The van der Waals surface area contributed by atoms with Crippen LogP contribution in [0.2, 0.25) is 26.2 Å². The molecular weight excluding hydrogens is 408 g/mol. The minimum atomic E-state index is -1.12. The summed E-state index contributed by atoms with van der Waals surface area (Å²) in [4.78, 5) is 0. The summed E-state index contributed by atoms with van der Waals surface area (Å²) >= 11 is 3.70. The van der Waals surface area contributed by atoms with Crippen molar-refractivity contribution in [2.24, 2.45) is 22.7 Å². The molecule has 0 N–H and O–H groups in total. The Morgan fingerprint density at radius 1 is 0.960 bits per heavy atom. The maximum atomic E-state index is 6.64. The average molecular weight is 450 g/mol. The first-order valence-electron chi connectivity index (χ1n) is 9.83. The second-order valence-electron chi connectivity index (χ2n) is 10.3. The van der Waals surface area contributed by atoms with Crippen LogP contribution in [-0.4, -0.2) is 35.6 Å². The highest BCUT2D eigenvalue weighted by molar-refractivity contribution is 9.09. The highest BCUT2D eigenvalue weighted by Crippen LogP contribution is 2.47. The summed E-state index contributed by atoms with van der Waals surface area (Å²) in [5.74, 6) is 0.957. The molecule has 25 heavy (non-hydrogen) atoms. The maximum Gasteiger partial charge on any atom is 0.171 e. The SMILES string of the molecule is C[SiH](C)OC(C1C=C(CBr)CC1C(O[SiH](C)C)C(C)(C)C)C(C)(C)C. The van der Waals surface area contributed by atoms with E-state index in [1.54, 1.807) is 0 Å². The smallest absolute Gasteiger partial charge is 0.171 e. The molecule has 0 fully saturated rings. The highest BCUT2D eigenvalue weighted by Gasteiger charge is 2.46. The first kappa shape index (κ1) is 23.6. The topological polar surface area (TPSA) is 18.5 Å². The van der Waals surface area contributed by atoms with Crippen LogP contribution in [0.4, 0.5) is 0 Å². The van der Waals surface area contributed by atoms with Crippen molar-refractivity contribution in [2.75, 3.05) is 5.33 Å². The van der Waals surface area contributed by atoms with E-state index < -0.39 is 18.1 Å². The van der Waals surface area contributed by atoms with Gasteiger partial charge in [-0.1, -0.05) is 69.1 Å². The van der Waals surface area contributed by atoms with E-state index in [1.807, 2.05) is 0 Å². The van der Waals surface area contributed by atoms with Crippen LogP contribution in [-0.2, 0) is 8.85 Å². The zero-order chi connectivity index (χ0) is 19.6. The molecule has 0 saturated carbocycles. The molecule has 4 atom stereocenters. The van der Waals surface area contributed by atoms with Gasteiger partial charge in [0.25, 0.3) is 0 Å². The van der Waals surface area contributed by atoms with Crippen molar-refractivity contribution in [3.63, 3.8) is 0 Å². The monoisotopic (exact) mass is 448 g/mol. The fourth-order valence-electron chi connectivity index (χ4n) is 4.03. The molecule has 2 nitrogen and oxygen atoms in total. The molecule has 0 amide bonds. The summed E-state index contributed by atoms with van der Waals surface area (Å²) < 4.78 is 13.3. The van der Waals surface area contributed by atoms with Crippen molar-refractivity contribution in [2.45, 2.75) is 86.4 Å². The lowest BCUT2D eigenvalue weighted by molar-refractivity contribution is -0.0311. The molecule has 1 rings (SSSR count). The van der Waals surface area contributed by atoms with Crippen molar-refractivity contribution in [1.82, 2.24) is 0 Å². The van der Waals surface area contributed by atoms with Crippen molar-refractivity contribution in [3.8, 4) is 0 Å². The van der Waals surface area contributed by atoms with Crippen LogP contribution in [0.25, 0.3) is 0 Å². The summed E-state index contributed by atoms with van der Waals surface area (Å²) in [6.45, 7) is 23.2.